The third-order valence-electron chi connectivity index (χ3n) is 2.34. The Morgan fingerprint density at radius 1 is 1.40 bits per heavy atom. The lowest BCUT2D eigenvalue weighted by Gasteiger charge is -2.06. The molecular formula is C12H16ClNO. The zero-order chi connectivity index (χ0) is 11.3. The van der Waals surface area contributed by atoms with Crippen LogP contribution in [0.25, 0.3) is 0 Å². The first-order valence-corrected chi connectivity index (χ1v) is 5.61. The van der Waals surface area contributed by atoms with Gasteiger partial charge in [0.05, 0.1) is 0 Å². The number of primary amides is 1. The number of aryl methyl sites for hydroxylation is 1. The maximum atomic E-state index is 10.8. The van der Waals surface area contributed by atoms with Gasteiger partial charge in [-0.25, -0.2) is 0 Å². The van der Waals surface area contributed by atoms with E-state index in [1.807, 2.05) is 24.3 Å². The molecule has 1 unspecified atom stereocenters. The summed E-state index contributed by atoms with van der Waals surface area (Å²) in [6, 6.07) is 7.74. The molecule has 0 bridgehead atoms. The van der Waals surface area contributed by atoms with Gasteiger partial charge in [-0.3, -0.25) is 4.79 Å². The fraction of sp³-hybridized carbons (Fsp3) is 0.417. The highest BCUT2D eigenvalue weighted by molar-refractivity contribution is 6.30. The Labute approximate surface area is 95.4 Å². The fourth-order valence-corrected chi connectivity index (χ4v) is 1.54. The van der Waals surface area contributed by atoms with E-state index in [0.29, 0.717) is 0 Å². The van der Waals surface area contributed by atoms with E-state index >= 15 is 0 Å². The molecule has 0 aliphatic rings. The van der Waals surface area contributed by atoms with Gasteiger partial charge in [0.2, 0.25) is 5.91 Å². The number of benzene rings is 1. The van der Waals surface area contributed by atoms with E-state index in [1.165, 1.54) is 18.4 Å². The highest BCUT2D eigenvalue weighted by Crippen LogP contribution is 2.20. The van der Waals surface area contributed by atoms with Crippen molar-refractivity contribution in [1.82, 2.24) is 0 Å². The molecule has 3 heteroatoms. The van der Waals surface area contributed by atoms with Crippen LogP contribution in [-0.4, -0.2) is 5.91 Å². The highest BCUT2D eigenvalue weighted by atomic mass is 35.5. The largest absolute Gasteiger partial charge is 0.368 e. The van der Waals surface area contributed by atoms with Gasteiger partial charge in [0, 0.05) is 0 Å². The second kappa shape index (κ2) is 5.76. The van der Waals surface area contributed by atoms with Crippen LogP contribution >= 0.6 is 11.6 Å². The molecule has 1 rings (SSSR count). The van der Waals surface area contributed by atoms with Crippen molar-refractivity contribution in [3.05, 3.63) is 35.4 Å². The van der Waals surface area contributed by atoms with Crippen LogP contribution in [0.4, 0.5) is 0 Å². The number of halogens is 1. The van der Waals surface area contributed by atoms with Crippen molar-refractivity contribution in [1.29, 1.82) is 0 Å². The maximum absolute atomic E-state index is 10.8. The topological polar surface area (TPSA) is 43.1 Å². The highest BCUT2D eigenvalue weighted by Gasteiger charge is 2.13. The minimum Gasteiger partial charge on any atom is -0.368 e. The van der Waals surface area contributed by atoms with Crippen LogP contribution in [0.2, 0.25) is 0 Å². The first kappa shape index (κ1) is 12.1. The summed E-state index contributed by atoms with van der Waals surface area (Å²) in [6.07, 6.45) is 3.43. The fourth-order valence-electron chi connectivity index (χ4n) is 1.40. The Hall–Kier alpha value is -1.02. The second-order valence-electron chi connectivity index (χ2n) is 3.61. The normalized spacial score (nSPS) is 12.4. The summed E-state index contributed by atoms with van der Waals surface area (Å²) in [4.78, 5) is 10.8. The monoisotopic (exact) mass is 225 g/mol. The zero-order valence-electron chi connectivity index (χ0n) is 8.87. The van der Waals surface area contributed by atoms with Crippen molar-refractivity contribution in [2.45, 2.75) is 31.6 Å². The van der Waals surface area contributed by atoms with Gasteiger partial charge in [0.15, 0.2) is 0 Å². The van der Waals surface area contributed by atoms with Gasteiger partial charge in [-0.15, -0.1) is 11.6 Å². The van der Waals surface area contributed by atoms with Crippen LogP contribution in [0.5, 0.6) is 0 Å². The summed E-state index contributed by atoms with van der Waals surface area (Å²) in [7, 11) is 0. The molecule has 15 heavy (non-hydrogen) atoms. The third-order valence-corrected chi connectivity index (χ3v) is 2.81. The van der Waals surface area contributed by atoms with Gasteiger partial charge < -0.3 is 5.73 Å². The molecule has 82 valence electrons. The number of rotatable bonds is 5. The molecule has 1 aromatic rings. The smallest absolute Gasteiger partial charge is 0.240 e. The van der Waals surface area contributed by atoms with Crippen LogP contribution in [-0.2, 0) is 11.2 Å². The quantitative estimate of drug-likeness (QED) is 0.770. The van der Waals surface area contributed by atoms with E-state index in [0.717, 1.165) is 12.0 Å². The Bertz CT molecular complexity index is 321. The Kier molecular flexibility index (Phi) is 4.63. The molecular weight excluding hydrogens is 210 g/mol. The Morgan fingerprint density at radius 2 is 2.00 bits per heavy atom. The number of amides is 1. The molecule has 2 nitrogen and oxygen atoms in total. The van der Waals surface area contributed by atoms with Crippen LogP contribution in [0.1, 0.15) is 36.3 Å². The van der Waals surface area contributed by atoms with Crippen LogP contribution in [0.3, 0.4) is 0 Å². The molecule has 0 saturated carbocycles. The van der Waals surface area contributed by atoms with Crippen LogP contribution in [0, 0.1) is 0 Å². The van der Waals surface area contributed by atoms with Crippen molar-refractivity contribution in [3.63, 3.8) is 0 Å². The number of alkyl halides is 1. The molecule has 0 aliphatic carbocycles. The molecule has 1 amide bonds. The summed E-state index contributed by atoms with van der Waals surface area (Å²) in [6.45, 7) is 2.16. The number of hydrogen-bond acceptors (Lipinski definition) is 1. The summed E-state index contributed by atoms with van der Waals surface area (Å²) >= 11 is 5.82. The molecule has 1 aromatic carbocycles. The van der Waals surface area contributed by atoms with Gasteiger partial charge in [-0.05, 0) is 24.0 Å². The van der Waals surface area contributed by atoms with E-state index in [-0.39, 0.29) is 0 Å². The summed E-state index contributed by atoms with van der Waals surface area (Å²) < 4.78 is 0. The van der Waals surface area contributed by atoms with E-state index in [9.17, 15) is 4.79 Å². The van der Waals surface area contributed by atoms with Gasteiger partial charge in [-0.1, -0.05) is 37.6 Å². The number of unbranched alkanes of at least 4 members (excludes halogenated alkanes) is 1. The zero-order valence-corrected chi connectivity index (χ0v) is 9.63. The van der Waals surface area contributed by atoms with E-state index in [1.54, 1.807) is 0 Å². The third kappa shape index (κ3) is 3.56. The summed E-state index contributed by atoms with van der Waals surface area (Å²) in [5.74, 6) is -0.502. The lowest BCUT2D eigenvalue weighted by atomic mass is 10.0. The first-order valence-electron chi connectivity index (χ1n) is 5.17. The van der Waals surface area contributed by atoms with E-state index in [2.05, 4.69) is 6.92 Å². The van der Waals surface area contributed by atoms with E-state index < -0.39 is 11.3 Å². The van der Waals surface area contributed by atoms with E-state index in [4.69, 9.17) is 17.3 Å². The predicted molar refractivity (Wildman–Crippen MR) is 62.8 cm³/mol. The standard InChI is InChI=1S/C12H16ClNO/c1-2-3-4-9-5-7-10(8-6-9)11(13)12(14)15/h5-8,11H,2-4H2,1H3,(H2,14,15). The minimum atomic E-state index is -0.717. The minimum absolute atomic E-state index is 0.502. The predicted octanol–water partition coefficient (Wildman–Crippen LogP) is 2.79. The van der Waals surface area contributed by atoms with Crippen molar-refractivity contribution >= 4 is 17.5 Å². The van der Waals surface area contributed by atoms with Gasteiger partial charge in [0.1, 0.15) is 5.38 Å². The average molecular weight is 226 g/mol. The Morgan fingerprint density at radius 3 is 2.47 bits per heavy atom. The van der Waals surface area contributed by atoms with Crippen molar-refractivity contribution in [2.75, 3.05) is 0 Å². The molecule has 0 aromatic heterocycles. The molecule has 0 heterocycles. The second-order valence-corrected chi connectivity index (χ2v) is 4.05. The Balaban J connectivity index is 2.67. The maximum Gasteiger partial charge on any atom is 0.240 e. The summed E-state index contributed by atoms with van der Waals surface area (Å²) in [5, 5.41) is -0.717. The van der Waals surface area contributed by atoms with Crippen LogP contribution in [0.15, 0.2) is 24.3 Å². The average Bonchev–Trinajstić information content (AvgIpc) is 2.26. The lowest BCUT2D eigenvalue weighted by Crippen LogP contribution is -2.16. The molecule has 1 atom stereocenters. The molecule has 0 spiro atoms. The van der Waals surface area contributed by atoms with Crippen molar-refractivity contribution in [3.8, 4) is 0 Å². The number of carbonyl (C=O) groups is 1. The van der Waals surface area contributed by atoms with Crippen molar-refractivity contribution in [2.24, 2.45) is 5.73 Å². The van der Waals surface area contributed by atoms with Gasteiger partial charge >= 0.3 is 0 Å². The lowest BCUT2D eigenvalue weighted by molar-refractivity contribution is -0.117. The number of carbonyl (C=O) groups excluding carboxylic acids is 1. The summed E-state index contributed by atoms with van der Waals surface area (Å²) in [5.41, 5.74) is 7.16. The van der Waals surface area contributed by atoms with Gasteiger partial charge in [-0.2, -0.15) is 0 Å². The molecule has 0 radical (unpaired) electrons. The van der Waals surface area contributed by atoms with Crippen LogP contribution < -0.4 is 5.73 Å². The number of hydrogen-bond donors (Lipinski definition) is 1. The molecule has 0 fully saturated rings. The molecule has 2 N–H and O–H groups in total. The SMILES string of the molecule is CCCCc1ccc(C(Cl)C(N)=O)cc1. The number of nitrogens with two attached hydrogens (primary N) is 1. The van der Waals surface area contributed by atoms with Crippen molar-refractivity contribution < 1.29 is 4.79 Å². The first-order chi connectivity index (χ1) is 7.15. The molecule has 0 saturated heterocycles. The molecule has 0 aliphatic heterocycles. The van der Waals surface area contributed by atoms with Gasteiger partial charge in [0.25, 0.3) is 0 Å².